The maximum absolute atomic E-state index is 6.07. The molecule has 2 aliphatic rings. The van der Waals surface area contributed by atoms with Gasteiger partial charge in [0.15, 0.2) is 0 Å². The molecule has 1 aromatic rings. The number of nitrogens with two attached hydrogens (primary N) is 1. The molecule has 0 amide bonds. The summed E-state index contributed by atoms with van der Waals surface area (Å²) in [6, 6.07) is 0.185. The van der Waals surface area contributed by atoms with Gasteiger partial charge in [0.25, 0.3) is 0 Å². The summed E-state index contributed by atoms with van der Waals surface area (Å²) in [4.78, 5) is 0. The lowest BCUT2D eigenvalue weighted by Gasteiger charge is -2.32. The van der Waals surface area contributed by atoms with Crippen LogP contribution in [0.1, 0.15) is 43.4 Å². The fourth-order valence-corrected chi connectivity index (χ4v) is 3.05. The Morgan fingerprint density at radius 2 is 2.36 bits per heavy atom. The SMILES string of the molecule is CC(N)C1c2oncc2CCC12CC2. The van der Waals surface area contributed by atoms with Crippen LogP contribution in [0.3, 0.4) is 0 Å². The average molecular weight is 192 g/mol. The van der Waals surface area contributed by atoms with Gasteiger partial charge in [0.1, 0.15) is 5.76 Å². The second kappa shape index (κ2) is 2.60. The molecule has 3 heteroatoms. The number of hydrogen-bond acceptors (Lipinski definition) is 3. The minimum atomic E-state index is 0.185. The van der Waals surface area contributed by atoms with E-state index in [1.807, 2.05) is 6.20 Å². The first kappa shape index (κ1) is 8.48. The zero-order valence-corrected chi connectivity index (χ0v) is 8.49. The highest BCUT2D eigenvalue weighted by atomic mass is 16.5. The minimum absolute atomic E-state index is 0.185. The van der Waals surface area contributed by atoms with Crippen molar-refractivity contribution in [3.05, 3.63) is 17.5 Å². The monoisotopic (exact) mass is 192 g/mol. The van der Waals surface area contributed by atoms with Gasteiger partial charge in [0.2, 0.25) is 0 Å². The Labute approximate surface area is 83.6 Å². The first-order valence-corrected chi connectivity index (χ1v) is 5.42. The predicted molar refractivity (Wildman–Crippen MR) is 52.9 cm³/mol. The number of nitrogens with zero attached hydrogens (tertiary/aromatic N) is 1. The quantitative estimate of drug-likeness (QED) is 0.738. The van der Waals surface area contributed by atoms with Gasteiger partial charge in [-0.15, -0.1) is 0 Å². The van der Waals surface area contributed by atoms with Crippen molar-refractivity contribution in [2.45, 2.75) is 44.6 Å². The van der Waals surface area contributed by atoms with Crippen molar-refractivity contribution in [2.24, 2.45) is 11.1 Å². The van der Waals surface area contributed by atoms with E-state index in [9.17, 15) is 0 Å². The Morgan fingerprint density at radius 1 is 1.57 bits per heavy atom. The van der Waals surface area contributed by atoms with Gasteiger partial charge in [-0.2, -0.15) is 0 Å². The summed E-state index contributed by atoms with van der Waals surface area (Å²) >= 11 is 0. The highest BCUT2D eigenvalue weighted by Gasteiger charge is 2.54. The third-order valence-corrected chi connectivity index (χ3v) is 3.93. The van der Waals surface area contributed by atoms with Gasteiger partial charge in [-0.3, -0.25) is 0 Å². The van der Waals surface area contributed by atoms with Gasteiger partial charge < -0.3 is 10.3 Å². The van der Waals surface area contributed by atoms with Crippen molar-refractivity contribution in [3.63, 3.8) is 0 Å². The molecule has 0 saturated heterocycles. The molecule has 1 saturated carbocycles. The maximum Gasteiger partial charge on any atom is 0.145 e. The summed E-state index contributed by atoms with van der Waals surface area (Å²) in [6.45, 7) is 2.09. The van der Waals surface area contributed by atoms with E-state index in [1.54, 1.807) is 0 Å². The second-order valence-electron chi connectivity index (χ2n) is 4.91. The molecule has 2 aliphatic carbocycles. The number of rotatable bonds is 1. The molecule has 2 atom stereocenters. The van der Waals surface area contributed by atoms with E-state index in [4.69, 9.17) is 10.3 Å². The molecule has 1 spiro atoms. The van der Waals surface area contributed by atoms with Crippen molar-refractivity contribution in [3.8, 4) is 0 Å². The Bertz CT molecular complexity index is 352. The number of aryl methyl sites for hydroxylation is 1. The van der Waals surface area contributed by atoms with Gasteiger partial charge in [0.05, 0.1) is 6.20 Å². The number of fused-ring (bicyclic) bond motifs is 1. The van der Waals surface area contributed by atoms with Crippen LogP contribution in [-0.2, 0) is 6.42 Å². The van der Waals surface area contributed by atoms with Crippen molar-refractivity contribution >= 4 is 0 Å². The lowest BCUT2D eigenvalue weighted by Crippen LogP contribution is -2.34. The van der Waals surface area contributed by atoms with Crippen LogP contribution in [0.4, 0.5) is 0 Å². The summed E-state index contributed by atoms with van der Waals surface area (Å²) < 4.78 is 5.38. The first-order valence-electron chi connectivity index (χ1n) is 5.42. The molecule has 0 bridgehead atoms. The van der Waals surface area contributed by atoms with E-state index in [0.29, 0.717) is 11.3 Å². The predicted octanol–water partition coefficient (Wildman–Crippen LogP) is 1.83. The minimum Gasteiger partial charge on any atom is -0.361 e. The standard InChI is InChI=1S/C11H16N2O/c1-7(12)9-10-8(6-13-14-10)2-3-11(9)4-5-11/h6-7,9H,2-5,12H2,1H3. The first-order chi connectivity index (χ1) is 6.73. The zero-order valence-electron chi connectivity index (χ0n) is 8.49. The van der Waals surface area contributed by atoms with Crippen molar-refractivity contribution < 1.29 is 4.52 Å². The molecule has 1 fully saturated rings. The lowest BCUT2D eigenvalue weighted by atomic mass is 9.73. The zero-order chi connectivity index (χ0) is 9.76. The maximum atomic E-state index is 6.07. The third-order valence-electron chi connectivity index (χ3n) is 3.93. The van der Waals surface area contributed by atoms with Gasteiger partial charge in [-0.25, -0.2) is 0 Å². The van der Waals surface area contributed by atoms with Gasteiger partial charge in [-0.1, -0.05) is 5.16 Å². The molecular weight excluding hydrogens is 176 g/mol. The Hall–Kier alpha value is -0.830. The molecule has 1 aromatic heterocycles. The van der Waals surface area contributed by atoms with E-state index in [-0.39, 0.29) is 6.04 Å². The van der Waals surface area contributed by atoms with Gasteiger partial charge in [0, 0.05) is 17.5 Å². The summed E-state index contributed by atoms with van der Waals surface area (Å²) in [5.74, 6) is 1.48. The van der Waals surface area contributed by atoms with Gasteiger partial charge in [-0.05, 0) is 38.0 Å². The van der Waals surface area contributed by atoms with E-state index in [2.05, 4.69) is 12.1 Å². The van der Waals surface area contributed by atoms with E-state index < -0.39 is 0 Å². The summed E-state index contributed by atoms with van der Waals surface area (Å²) in [6.07, 6.45) is 6.90. The van der Waals surface area contributed by atoms with Crippen LogP contribution in [0.15, 0.2) is 10.7 Å². The Morgan fingerprint density at radius 3 is 3.00 bits per heavy atom. The Balaban J connectivity index is 2.05. The second-order valence-corrected chi connectivity index (χ2v) is 4.91. The average Bonchev–Trinajstić information content (AvgIpc) is 2.75. The summed E-state index contributed by atoms with van der Waals surface area (Å²) in [5.41, 5.74) is 7.82. The summed E-state index contributed by atoms with van der Waals surface area (Å²) in [7, 11) is 0. The largest absolute Gasteiger partial charge is 0.361 e. The molecule has 2 N–H and O–H groups in total. The molecule has 1 heterocycles. The fourth-order valence-electron chi connectivity index (χ4n) is 3.05. The number of hydrogen-bond donors (Lipinski definition) is 1. The van der Waals surface area contributed by atoms with Crippen LogP contribution >= 0.6 is 0 Å². The van der Waals surface area contributed by atoms with Crippen LogP contribution in [0, 0.1) is 5.41 Å². The molecule has 0 radical (unpaired) electrons. The normalized spacial score (nSPS) is 30.0. The van der Waals surface area contributed by atoms with Crippen LogP contribution < -0.4 is 5.73 Å². The molecule has 3 rings (SSSR count). The smallest absolute Gasteiger partial charge is 0.145 e. The Kier molecular flexibility index (Phi) is 1.57. The third kappa shape index (κ3) is 0.989. The van der Waals surface area contributed by atoms with Crippen molar-refractivity contribution in [1.82, 2.24) is 5.16 Å². The van der Waals surface area contributed by atoms with Crippen LogP contribution in [0.25, 0.3) is 0 Å². The molecule has 0 aliphatic heterocycles. The molecule has 2 unspecified atom stereocenters. The molecule has 0 aromatic carbocycles. The van der Waals surface area contributed by atoms with Crippen molar-refractivity contribution in [1.29, 1.82) is 0 Å². The van der Waals surface area contributed by atoms with Crippen LogP contribution in [-0.4, -0.2) is 11.2 Å². The van der Waals surface area contributed by atoms with E-state index in [0.717, 1.165) is 12.2 Å². The van der Waals surface area contributed by atoms with Crippen LogP contribution in [0.2, 0.25) is 0 Å². The molecule has 14 heavy (non-hydrogen) atoms. The van der Waals surface area contributed by atoms with Gasteiger partial charge >= 0.3 is 0 Å². The topological polar surface area (TPSA) is 52.0 Å². The summed E-state index contributed by atoms with van der Waals surface area (Å²) in [5, 5.41) is 3.90. The highest BCUT2D eigenvalue weighted by molar-refractivity contribution is 5.29. The number of aromatic nitrogens is 1. The molecule has 76 valence electrons. The molecule has 3 nitrogen and oxygen atoms in total. The van der Waals surface area contributed by atoms with E-state index in [1.165, 1.54) is 24.8 Å². The van der Waals surface area contributed by atoms with Crippen molar-refractivity contribution in [2.75, 3.05) is 0 Å². The van der Waals surface area contributed by atoms with Crippen LogP contribution in [0.5, 0.6) is 0 Å². The molecular formula is C11H16N2O. The highest BCUT2D eigenvalue weighted by Crippen LogP contribution is 2.62. The lowest BCUT2D eigenvalue weighted by molar-refractivity contribution is 0.245. The fraction of sp³-hybridized carbons (Fsp3) is 0.727. The van der Waals surface area contributed by atoms with E-state index >= 15 is 0 Å².